The van der Waals surface area contributed by atoms with Gasteiger partial charge in [0.2, 0.25) is 0 Å². The van der Waals surface area contributed by atoms with E-state index in [0.717, 1.165) is 5.56 Å². The summed E-state index contributed by atoms with van der Waals surface area (Å²) < 4.78 is 18.6. The van der Waals surface area contributed by atoms with Gasteiger partial charge in [-0.25, -0.2) is 9.37 Å². The van der Waals surface area contributed by atoms with Crippen LogP contribution in [0.5, 0.6) is 11.5 Å². The Morgan fingerprint density at radius 2 is 1.79 bits per heavy atom. The second kappa shape index (κ2) is 6.97. The highest BCUT2D eigenvalue weighted by atomic mass is 35.5. The number of hydrogen-bond donors (Lipinski definition) is 2. The second-order valence-electron chi connectivity index (χ2n) is 5.12. The fraction of sp³-hybridized carbons (Fsp3) is 0.0556. The number of aliphatic hydroxyl groups excluding tert-OH is 1. The fourth-order valence-corrected chi connectivity index (χ4v) is 2.39. The van der Waals surface area contributed by atoms with Crippen LogP contribution in [0.4, 0.5) is 4.39 Å². The number of halogens is 2. The summed E-state index contributed by atoms with van der Waals surface area (Å²) in [5, 5.41) is 9.91. The summed E-state index contributed by atoms with van der Waals surface area (Å²) >= 11 is 6.05. The van der Waals surface area contributed by atoms with Crippen LogP contribution in [0, 0.1) is 5.82 Å². The van der Waals surface area contributed by atoms with Crippen molar-refractivity contribution in [3.63, 3.8) is 0 Å². The fourth-order valence-electron chi connectivity index (χ4n) is 2.17. The highest BCUT2D eigenvalue weighted by Gasteiger charge is 2.09. The van der Waals surface area contributed by atoms with Crippen LogP contribution >= 0.6 is 11.6 Å². The van der Waals surface area contributed by atoms with Gasteiger partial charge in [-0.15, -0.1) is 0 Å². The number of hydrogen-bond acceptors (Lipinski definition) is 4. The molecule has 1 atom stereocenters. The van der Waals surface area contributed by atoms with Gasteiger partial charge in [-0.2, -0.15) is 0 Å². The average Bonchev–Trinajstić information content (AvgIpc) is 2.57. The van der Waals surface area contributed by atoms with Gasteiger partial charge in [-0.3, -0.25) is 0 Å². The average molecular weight is 345 g/mol. The van der Waals surface area contributed by atoms with E-state index in [9.17, 15) is 9.50 Å². The highest BCUT2D eigenvalue weighted by Crippen LogP contribution is 2.28. The van der Waals surface area contributed by atoms with Crippen LogP contribution in [0.3, 0.4) is 0 Å². The van der Waals surface area contributed by atoms with E-state index in [2.05, 4.69) is 4.98 Å². The third-order valence-corrected chi connectivity index (χ3v) is 3.51. The predicted octanol–water partition coefficient (Wildman–Crippen LogP) is 4.28. The molecule has 2 aromatic carbocycles. The minimum absolute atomic E-state index is 0.280. The molecular formula is C18H14ClFN2O2. The van der Waals surface area contributed by atoms with Crippen LogP contribution in [0.2, 0.25) is 5.02 Å². The summed E-state index contributed by atoms with van der Waals surface area (Å²) in [6.45, 7) is 0. The summed E-state index contributed by atoms with van der Waals surface area (Å²) in [6.07, 6.45) is -1.21. The van der Waals surface area contributed by atoms with Crippen LogP contribution < -0.4 is 10.5 Å². The number of benzene rings is 2. The van der Waals surface area contributed by atoms with Gasteiger partial charge in [0.1, 0.15) is 23.5 Å². The molecule has 1 heterocycles. The maximum atomic E-state index is 12.9. The number of pyridine rings is 1. The lowest BCUT2D eigenvalue weighted by Gasteiger charge is -2.10. The molecule has 0 aliphatic heterocycles. The Kier molecular flexibility index (Phi) is 4.76. The molecule has 3 rings (SSSR count). The molecule has 0 spiro atoms. The molecule has 1 aromatic heterocycles. The quantitative estimate of drug-likeness (QED) is 0.693. The van der Waals surface area contributed by atoms with E-state index in [1.54, 1.807) is 36.4 Å². The molecule has 1 unspecified atom stereocenters. The number of nitrogens with zero attached hydrogens (tertiary/aromatic N) is 1. The first-order valence-electron chi connectivity index (χ1n) is 7.16. The number of nitrogens with two attached hydrogens (primary N) is 1. The van der Waals surface area contributed by atoms with Gasteiger partial charge in [0, 0.05) is 10.6 Å². The van der Waals surface area contributed by atoms with Crippen molar-refractivity contribution in [3.05, 3.63) is 77.2 Å². The Morgan fingerprint density at radius 3 is 2.50 bits per heavy atom. The zero-order chi connectivity index (χ0) is 17.1. The second-order valence-corrected chi connectivity index (χ2v) is 5.56. The molecule has 0 amide bonds. The maximum absolute atomic E-state index is 12.9. The first-order chi connectivity index (χ1) is 11.5. The lowest BCUT2D eigenvalue weighted by molar-refractivity contribution is 0.181. The molecule has 4 nitrogen and oxygen atoms in total. The van der Waals surface area contributed by atoms with Crippen LogP contribution in [0.1, 0.15) is 11.9 Å². The third-order valence-electron chi connectivity index (χ3n) is 3.29. The van der Waals surface area contributed by atoms with Gasteiger partial charge in [0.15, 0.2) is 0 Å². The maximum Gasteiger partial charge on any atom is 0.145 e. The topological polar surface area (TPSA) is 68.4 Å². The SMILES string of the molecule is NC(O)c1cc(Cl)cc(-c2cccc(Oc3ccc(F)cc3)c2)n1. The van der Waals surface area contributed by atoms with Crippen LogP contribution in [0.25, 0.3) is 11.3 Å². The highest BCUT2D eigenvalue weighted by molar-refractivity contribution is 6.30. The van der Waals surface area contributed by atoms with Crippen LogP contribution in [-0.4, -0.2) is 10.1 Å². The molecule has 0 bridgehead atoms. The van der Waals surface area contributed by atoms with Crippen molar-refractivity contribution in [3.8, 4) is 22.8 Å². The molecule has 24 heavy (non-hydrogen) atoms. The van der Waals surface area contributed by atoms with Crippen molar-refractivity contribution in [1.29, 1.82) is 0 Å². The van der Waals surface area contributed by atoms with Crippen LogP contribution in [-0.2, 0) is 0 Å². The molecule has 0 radical (unpaired) electrons. The van der Waals surface area contributed by atoms with Crippen molar-refractivity contribution in [2.45, 2.75) is 6.23 Å². The lowest BCUT2D eigenvalue weighted by Crippen LogP contribution is -2.10. The predicted molar refractivity (Wildman–Crippen MR) is 90.3 cm³/mol. The lowest BCUT2D eigenvalue weighted by atomic mass is 10.1. The van der Waals surface area contributed by atoms with Crippen molar-refractivity contribution in [2.24, 2.45) is 5.73 Å². The van der Waals surface area contributed by atoms with Crippen molar-refractivity contribution in [2.75, 3.05) is 0 Å². The summed E-state index contributed by atoms with van der Waals surface area (Å²) in [4.78, 5) is 4.30. The van der Waals surface area contributed by atoms with Crippen molar-refractivity contribution >= 4 is 11.6 Å². The summed E-state index contributed by atoms with van der Waals surface area (Å²) in [5.74, 6) is 0.758. The third kappa shape index (κ3) is 3.89. The Hall–Kier alpha value is -2.47. The van der Waals surface area contributed by atoms with Gasteiger partial charge in [-0.1, -0.05) is 23.7 Å². The van der Waals surface area contributed by atoms with E-state index < -0.39 is 6.23 Å². The van der Waals surface area contributed by atoms with E-state index in [0.29, 0.717) is 22.2 Å². The normalized spacial score (nSPS) is 12.0. The molecule has 3 aromatic rings. The smallest absolute Gasteiger partial charge is 0.145 e. The largest absolute Gasteiger partial charge is 0.457 e. The summed E-state index contributed by atoms with van der Waals surface area (Å²) in [5.41, 5.74) is 7.04. The Labute approximate surface area is 143 Å². The molecule has 6 heteroatoms. The van der Waals surface area contributed by atoms with Crippen molar-refractivity contribution in [1.82, 2.24) is 4.98 Å². The zero-order valence-electron chi connectivity index (χ0n) is 12.5. The molecule has 3 N–H and O–H groups in total. The molecular weight excluding hydrogens is 331 g/mol. The number of aromatic nitrogens is 1. The number of aliphatic hydroxyl groups is 1. The van der Waals surface area contributed by atoms with E-state index >= 15 is 0 Å². The minimum Gasteiger partial charge on any atom is -0.457 e. The molecule has 0 saturated heterocycles. The van der Waals surface area contributed by atoms with E-state index in [4.69, 9.17) is 22.1 Å². The van der Waals surface area contributed by atoms with Crippen LogP contribution in [0.15, 0.2) is 60.7 Å². The van der Waals surface area contributed by atoms with Gasteiger partial charge < -0.3 is 15.6 Å². The van der Waals surface area contributed by atoms with E-state index in [1.165, 1.54) is 18.2 Å². The van der Waals surface area contributed by atoms with E-state index in [1.807, 2.05) is 6.07 Å². The number of ether oxygens (including phenoxy) is 1. The molecule has 0 fully saturated rings. The van der Waals surface area contributed by atoms with E-state index in [-0.39, 0.29) is 11.5 Å². The standard InChI is InChI=1S/C18H14ClFN2O2/c19-12-9-16(22-17(10-12)18(21)23)11-2-1-3-15(8-11)24-14-6-4-13(20)5-7-14/h1-10,18,23H,21H2. The van der Waals surface area contributed by atoms with Gasteiger partial charge in [-0.05, 0) is 48.5 Å². The van der Waals surface area contributed by atoms with Gasteiger partial charge in [0.05, 0.1) is 11.4 Å². The molecule has 0 aliphatic carbocycles. The number of rotatable bonds is 4. The summed E-state index contributed by atoms with van der Waals surface area (Å²) in [6, 6.07) is 16.1. The van der Waals surface area contributed by atoms with Crippen molar-refractivity contribution < 1.29 is 14.2 Å². The van der Waals surface area contributed by atoms with Gasteiger partial charge in [0.25, 0.3) is 0 Å². The molecule has 0 aliphatic rings. The Morgan fingerprint density at radius 1 is 1.04 bits per heavy atom. The van der Waals surface area contributed by atoms with Gasteiger partial charge >= 0.3 is 0 Å². The summed E-state index contributed by atoms with van der Waals surface area (Å²) in [7, 11) is 0. The minimum atomic E-state index is -1.21. The monoisotopic (exact) mass is 344 g/mol. The molecule has 122 valence electrons. The first-order valence-corrected chi connectivity index (χ1v) is 7.54. The first kappa shape index (κ1) is 16.4. The zero-order valence-corrected chi connectivity index (χ0v) is 13.2. The Bertz CT molecular complexity index is 854. The molecule has 0 saturated carbocycles. The Balaban J connectivity index is 1.91.